The van der Waals surface area contributed by atoms with Crippen LogP contribution in [-0.2, 0) is 0 Å². The minimum atomic E-state index is 0.962. The summed E-state index contributed by atoms with van der Waals surface area (Å²) in [7, 11) is 0. The van der Waals surface area contributed by atoms with Crippen LogP contribution < -0.4 is 0 Å². The van der Waals surface area contributed by atoms with Gasteiger partial charge >= 0.3 is 0 Å². The largest absolute Gasteiger partial charge is 0.240 e. The maximum absolute atomic E-state index is 4.69. The van der Waals surface area contributed by atoms with Crippen LogP contribution in [0.4, 0.5) is 0 Å². The lowest BCUT2D eigenvalue weighted by Crippen LogP contribution is -1.98. The first kappa shape index (κ1) is 16.3. The smallest absolute Gasteiger partial charge is 0.0927 e. The van der Waals surface area contributed by atoms with Crippen molar-refractivity contribution in [1.82, 2.24) is 19.6 Å². The van der Waals surface area contributed by atoms with Crippen LogP contribution >= 0.6 is 0 Å². The van der Waals surface area contributed by atoms with Gasteiger partial charge in [0.2, 0.25) is 0 Å². The lowest BCUT2D eigenvalue weighted by molar-refractivity contribution is 0.868. The van der Waals surface area contributed by atoms with Crippen LogP contribution in [0.25, 0.3) is 33.9 Å². The van der Waals surface area contributed by atoms with Crippen molar-refractivity contribution >= 4 is 0 Å². The molecule has 0 N–H and O–H groups in total. The molecule has 2 heterocycles. The van der Waals surface area contributed by atoms with Crippen molar-refractivity contribution in [3.8, 4) is 33.9 Å². The van der Waals surface area contributed by atoms with Crippen LogP contribution in [0, 0.1) is 0 Å². The van der Waals surface area contributed by atoms with E-state index in [-0.39, 0.29) is 0 Å². The summed E-state index contributed by atoms with van der Waals surface area (Å²) in [6.07, 6.45) is 3.97. The van der Waals surface area contributed by atoms with Gasteiger partial charge in [-0.2, -0.15) is 10.2 Å². The molecule has 0 radical (unpaired) electrons. The van der Waals surface area contributed by atoms with Crippen molar-refractivity contribution in [3.05, 3.63) is 109 Å². The van der Waals surface area contributed by atoms with E-state index in [9.17, 15) is 0 Å². The second kappa shape index (κ2) is 7.00. The molecule has 3 aromatic carbocycles. The van der Waals surface area contributed by atoms with Crippen molar-refractivity contribution in [3.63, 3.8) is 0 Å². The van der Waals surface area contributed by atoms with Crippen molar-refractivity contribution in [2.75, 3.05) is 0 Å². The molecule has 0 saturated carbocycles. The van der Waals surface area contributed by atoms with Crippen LogP contribution in [0.5, 0.6) is 0 Å². The van der Waals surface area contributed by atoms with Crippen molar-refractivity contribution in [2.45, 2.75) is 0 Å². The highest BCUT2D eigenvalue weighted by Gasteiger charge is 2.06. The molecule has 5 aromatic rings. The highest BCUT2D eigenvalue weighted by Crippen LogP contribution is 2.20. The van der Waals surface area contributed by atoms with Crippen molar-refractivity contribution in [1.29, 1.82) is 0 Å². The third-order valence-electron chi connectivity index (χ3n) is 4.70. The zero-order chi connectivity index (χ0) is 18.8. The van der Waals surface area contributed by atoms with Gasteiger partial charge < -0.3 is 0 Å². The first-order chi connectivity index (χ1) is 13.9. The Morgan fingerprint density at radius 1 is 0.429 bits per heavy atom. The maximum atomic E-state index is 4.69. The fourth-order valence-corrected chi connectivity index (χ4v) is 3.22. The van der Waals surface area contributed by atoms with Crippen molar-refractivity contribution < 1.29 is 0 Å². The molecule has 5 rings (SSSR count). The van der Waals surface area contributed by atoms with Crippen LogP contribution in [0.15, 0.2) is 109 Å². The lowest BCUT2D eigenvalue weighted by atomic mass is 10.2. The average molecular weight is 362 g/mol. The highest BCUT2D eigenvalue weighted by molar-refractivity contribution is 5.60. The summed E-state index contributed by atoms with van der Waals surface area (Å²) in [5.74, 6) is 0. The molecule has 0 unspecified atom stereocenters. The molecule has 4 heteroatoms. The number of aromatic nitrogens is 4. The monoisotopic (exact) mass is 362 g/mol. The van der Waals surface area contributed by atoms with Gasteiger partial charge in [0.25, 0.3) is 0 Å². The summed E-state index contributed by atoms with van der Waals surface area (Å²) in [5, 5.41) is 9.38. The van der Waals surface area contributed by atoms with E-state index in [0.29, 0.717) is 0 Å². The van der Waals surface area contributed by atoms with E-state index in [1.807, 2.05) is 70.3 Å². The lowest BCUT2D eigenvalue weighted by Gasteiger charge is -2.05. The normalized spacial score (nSPS) is 10.9. The van der Waals surface area contributed by atoms with Crippen LogP contribution in [-0.4, -0.2) is 19.6 Å². The minimum absolute atomic E-state index is 0.962. The predicted octanol–water partition coefficient (Wildman–Crippen LogP) is 5.39. The summed E-state index contributed by atoms with van der Waals surface area (Å²) in [6, 6.07) is 32.7. The Morgan fingerprint density at radius 3 is 1.21 bits per heavy atom. The van der Waals surface area contributed by atoms with Crippen LogP contribution in [0.2, 0.25) is 0 Å². The molecule has 0 spiro atoms. The summed E-state index contributed by atoms with van der Waals surface area (Å²) < 4.78 is 3.79. The minimum Gasteiger partial charge on any atom is -0.240 e. The van der Waals surface area contributed by atoms with Gasteiger partial charge in [-0.15, -0.1) is 0 Å². The van der Waals surface area contributed by atoms with E-state index in [0.717, 1.165) is 33.9 Å². The summed E-state index contributed by atoms with van der Waals surface area (Å²) >= 11 is 0. The third-order valence-corrected chi connectivity index (χ3v) is 4.70. The molecular weight excluding hydrogens is 344 g/mol. The Balaban J connectivity index is 1.40. The van der Waals surface area contributed by atoms with E-state index in [1.54, 1.807) is 0 Å². The van der Waals surface area contributed by atoms with E-state index in [2.05, 4.69) is 48.5 Å². The zero-order valence-corrected chi connectivity index (χ0v) is 15.2. The standard InChI is InChI=1S/C24H18N4/c1-3-7-19(8-4-1)23-15-17-27(25-23)21-11-13-22(14-12-21)28-18-16-24(26-28)20-9-5-2-6-10-20/h1-18H. The van der Waals surface area contributed by atoms with Crippen LogP contribution in [0.1, 0.15) is 0 Å². The fourth-order valence-electron chi connectivity index (χ4n) is 3.22. The Labute approximate surface area is 163 Å². The molecule has 28 heavy (non-hydrogen) atoms. The van der Waals surface area contributed by atoms with E-state index < -0.39 is 0 Å². The van der Waals surface area contributed by atoms with Gasteiger partial charge in [0.1, 0.15) is 0 Å². The average Bonchev–Trinajstić information content (AvgIpc) is 3.46. The molecular formula is C24H18N4. The molecule has 0 bridgehead atoms. The highest BCUT2D eigenvalue weighted by atomic mass is 15.3. The number of benzene rings is 3. The van der Waals surface area contributed by atoms with Gasteiger partial charge in [-0.25, -0.2) is 9.36 Å². The molecule has 0 aliphatic carbocycles. The zero-order valence-electron chi connectivity index (χ0n) is 15.2. The summed E-state index contributed by atoms with van der Waals surface area (Å²) in [6.45, 7) is 0. The number of hydrogen-bond donors (Lipinski definition) is 0. The first-order valence-electron chi connectivity index (χ1n) is 9.20. The molecule has 134 valence electrons. The second-order valence-corrected chi connectivity index (χ2v) is 6.54. The molecule has 2 aromatic heterocycles. The van der Waals surface area contributed by atoms with Gasteiger partial charge in [-0.1, -0.05) is 60.7 Å². The molecule has 0 fully saturated rings. The molecule has 0 aliphatic heterocycles. The number of hydrogen-bond acceptors (Lipinski definition) is 2. The Morgan fingerprint density at radius 2 is 0.821 bits per heavy atom. The Bertz CT molecular complexity index is 1090. The number of nitrogens with zero attached hydrogens (tertiary/aromatic N) is 4. The van der Waals surface area contributed by atoms with Gasteiger partial charge in [0, 0.05) is 23.5 Å². The fraction of sp³-hybridized carbons (Fsp3) is 0. The van der Waals surface area contributed by atoms with Gasteiger partial charge in [0.05, 0.1) is 22.8 Å². The third kappa shape index (κ3) is 3.12. The second-order valence-electron chi connectivity index (χ2n) is 6.54. The van der Waals surface area contributed by atoms with E-state index in [1.165, 1.54) is 0 Å². The molecule has 0 atom stereocenters. The Kier molecular flexibility index (Phi) is 4.07. The Hall–Kier alpha value is -3.92. The van der Waals surface area contributed by atoms with Crippen molar-refractivity contribution in [2.24, 2.45) is 0 Å². The van der Waals surface area contributed by atoms with Crippen LogP contribution in [0.3, 0.4) is 0 Å². The first-order valence-corrected chi connectivity index (χ1v) is 9.20. The molecule has 4 nitrogen and oxygen atoms in total. The molecule has 0 saturated heterocycles. The van der Waals surface area contributed by atoms with E-state index >= 15 is 0 Å². The maximum Gasteiger partial charge on any atom is 0.0927 e. The molecule has 0 aliphatic rings. The topological polar surface area (TPSA) is 35.6 Å². The van der Waals surface area contributed by atoms with Gasteiger partial charge in [-0.3, -0.25) is 0 Å². The van der Waals surface area contributed by atoms with Gasteiger partial charge in [0.15, 0.2) is 0 Å². The van der Waals surface area contributed by atoms with Gasteiger partial charge in [-0.05, 0) is 36.4 Å². The summed E-state index contributed by atoms with van der Waals surface area (Å²) in [5.41, 5.74) is 6.18. The quantitative estimate of drug-likeness (QED) is 0.429. The molecule has 0 amide bonds. The number of rotatable bonds is 4. The summed E-state index contributed by atoms with van der Waals surface area (Å²) in [4.78, 5) is 0. The predicted molar refractivity (Wildman–Crippen MR) is 112 cm³/mol. The van der Waals surface area contributed by atoms with E-state index in [4.69, 9.17) is 10.2 Å². The SMILES string of the molecule is c1ccc(-c2ccn(-c3ccc(-n4ccc(-c5ccccc5)n4)cc3)n2)cc1.